The van der Waals surface area contributed by atoms with Crippen LogP contribution in [0.4, 0.5) is 5.69 Å². The highest BCUT2D eigenvalue weighted by Crippen LogP contribution is 2.26. The summed E-state index contributed by atoms with van der Waals surface area (Å²) in [6.07, 6.45) is 0. The van der Waals surface area contributed by atoms with Crippen molar-refractivity contribution in [3.63, 3.8) is 0 Å². The van der Waals surface area contributed by atoms with Crippen molar-refractivity contribution in [3.05, 3.63) is 39.9 Å². The number of nitrogens with zero attached hydrogens (tertiary/aromatic N) is 2. The number of esters is 1. The molecular weight excluding hydrogens is 224 g/mol. The molecule has 0 spiro atoms. The Morgan fingerprint density at radius 2 is 2.24 bits per heavy atom. The van der Waals surface area contributed by atoms with Crippen molar-refractivity contribution < 1.29 is 14.5 Å². The van der Waals surface area contributed by atoms with E-state index < -0.39 is 16.8 Å². The molecule has 0 aliphatic heterocycles. The van der Waals surface area contributed by atoms with Crippen LogP contribution in [0.3, 0.4) is 0 Å². The molecule has 0 saturated heterocycles. The first-order chi connectivity index (χ1) is 8.11. The minimum Gasteiger partial charge on any atom is -0.465 e. The van der Waals surface area contributed by atoms with Gasteiger partial charge in [-0.25, -0.2) is 0 Å². The van der Waals surface area contributed by atoms with Gasteiger partial charge in [-0.2, -0.15) is 5.26 Å². The quantitative estimate of drug-likeness (QED) is 0.449. The highest BCUT2D eigenvalue weighted by molar-refractivity contribution is 5.82. The van der Waals surface area contributed by atoms with Gasteiger partial charge in [0.1, 0.15) is 0 Å². The zero-order valence-corrected chi connectivity index (χ0v) is 9.12. The van der Waals surface area contributed by atoms with Crippen molar-refractivity contribution >= 4 is 11.7 Å². The van der Waals surface area contributed by atoms with Gasteiger partial charge in [-0.1, -0.05) is 18.2 Å². The number of ether oxygens (including phenoxy) is 1. The molecule has 1 atom stereocenters. The third kappa shape index (κ3) is 2.78. The van der Waals surface area contributed by atoms with Crippen LogP contribution in [0.1, 0.15) is 18.4 Å². The lowest BCUT2D eigenvalue weighted by atomic mass is 9.99. The van der Waals surface area contributed by atoms with Crippen molar-refractivity contribution in [3.8, 4) is 6.07 Å². The number of hydrogen-bond acceptors (Lipinski definition) is 5. The highest BCUT2D eigenvalue weighted by atomic mass is 16.6. The predicted octanol–water partition coefficient (Wildman–Crippen LogP) is 1.77. The van der Waals surface area contributed by atoms with Crippen LogP contribution in [-0.2, 0) is 9.53 Å². The van der Waals surface area contributed by atoms with E-state index in [1.54, 1.807) is 13.0 Å². The van der Waals surface area contributed by atoms with Gasteiger partial charge in [0.2, 0.25) is 0 Å². The molecule has 17 heavy (non-hydrogen) atoms. The van der Waals surface area contributed by atoms with Gasteiger partial charge in [0.15, 0.2) is 5.92 Å². The number of rotatable bonds is 4. The third-order valence-electron chi connectivity index (χ3n) is 2.10. The van der Waals surface area contributed by atoms with Gasteiger partial charge in [0.25, 0.3) is 5.69 Å². The number of nitro groups is 1. The first-order valence-corrected chi connectivity index (χ1v) is 4.91. The maximum Gasteiger partial charge on any atom is 0.328 e. The molecule has 1 rings (SSSR count). The van der Waals surface area contributed by atoms with Gasteiger partial charge < -0.3 is 4.74 Å². The molecular formula is C11H10N2O4. The summed E-state index contributed by atoms with van der Waals surface area (Å²) in [6, 6.07) is 7.35. The second kappa shape index (κ2) is 5.61. The minimum atomic E-state index is -1.27. The fourth-order valence-electron chi connectivity index (χ4n) is 1.37. The lowest BCUT2D eigenvalue weighted by Crippen LogP contribution is -2.15. The van der Waals surface area contributed by atoms with E-state index in [1.807, 2.05) is 0 Å². The molecule has 0 unspecified atom stereocenters. The number of benzene rings is 1. The maximum atomic E-state index is 11.5. The zero-order valence-electron chi connectivity index (χ0n) is 9.12. The fraction of sp³-hybridized carbons (Fsp3) is 0.273. The van der Waals surface area contributed by atoms with E-state index >= 15 is 0 Å². The molecule has 0 amide bonds. The third-order valence-corrected chi connectivity index (χ3v) is 2.10. The summed E-state index contributed by atoms with van der Waals surface area (Å²) in [5.41, 5.74) is -0.203. The number of para-hydroxylation sites is 1. The van der Waals surface area contributed by atoms with E-state index in [9.17, 15) is 14.9 Å². The van der Waals surface area contributed by atoms with E-state index in [0.29, 0.717) is 0 Å². The molecule has 1 aromatic rings. The Bertz CT molecular complexity index is 479. The van der Waals surface area contributed by atoms with Gasteiger partial charge in [0, 0.05) is 6.07 Å². The van der Waals surface area contributed by atoms with Crippen molar-refractivity contribution in [2.24, 2.45) is 0 Å². The lowest BCUT2D eigenvalue weighted by molar-refractivity contribution is -0.385. The van der Waals surface area contributed by atoms with Crippen molar-refractivity contribution in [1.82, 2.24) is 0 Å². The average molecular weight is 234 g/mol. The molecule has 6 heteroatoms. The summed E-state index contributed by atoms with van der Waals surface area (Å²) in [4.78, 5) is 21.6. The second-order valence-electron chi connectivity index (χ2n) is 3.13. The number of carbonyl (C=O) groups excluding carboxylic acids is 1. The van der Waals surface area contributed by atoms with Gasteiger partial charge >= 0.3 is 5.97 Å². The fourth-order valence-corrected chi connectivity index (χ4v) is 1.37. The van der Waals surface area contributed by atoms with E-state index in [-0.39, 0.29) is 17.9 Å². The Hall–Kier alpha value is -2.42. The molecule has 6 nitrogen and oxygen atoms in total. The Morgan fingerprint density at radius 3 is 2.76 bits per heavy atom. The average Bonchev–Trinajstić information content (AvgIpc) is 2.31. The highest BCUT2D eigenvalue weighted by Gasteiger charge is 2.28. The van der Waals surface area contributed by atoms with Crippen molar-refractivity contribution in [2.45, 2.75) is 12.8 Å². The summed E-state index contributed by atoms with van der Waals surface area (Å²) in [5, 5.41) is 19.7. The molecule has 0 radical (unpaired) electrons. The summed E-state index contributed by atoms with van der Waals surface area (Å²) < 4.78 is 4.70. The van der Waals surface area contributed by atoms with Gasteiger partial charge in [-0.3, -0.25) is 14.9 Å². The molecule has 0 aliphatic rings. The standard InChI is InChI=1S/C11H10N2O4/c1-2-17-11(14)9(7-12)8-5-3-4-6-10(8)13(15)16/h3-6,9H,2H2,1H3/t9-/m0/s1. The first-order valence-electron chi connectivity index (χ1n) is 4.91. The molecule has 0 bridgehead atoms. The summed E-state index contributed by atoms with van der Waals surface area (Å²) in [7, 11) is 0. The van der Waals surface area contributed by atoms with Gasteiger partial charge in [-0.05, 0) is 6.92 Å². The number of nitriles is 1. The van der Waals surface area contributed by atoms with Crippen LogP contribution in [0.2, 0.25) is 0 Å². The molecule has 0 aliphatic carbocycles. The second-order valence-corrected chi connectivity index (χ2v) is 3.13. The Kier molecular flexibility index (Phi) is 4.17. The van der Waals surface area contributed by atoms with E-state index in [2.05, 4.69) is 0 Å². The molecule has 0 N–H and O–H groups in total. The summed E-state index contributed by atoms with van der Waals surface area (Å²) in [5.74, 6) is -2.04. The van der Waals surface area contributed by atoms with Crippen molar-refractivity contribution in [2.75, 3.05) is 6.61 Å². The number of carbonyl (C=O) groups is 1. The maximum absolute atomic E-state index is 11.5. The van der Waals surface area contributed by atoms with E-state index in [0.717, 1.165) is 0 Å². The monoisotopic (exact) mass is 234 g/mol. The van der Waals surface area contributed by atoms with Crippen LogP contribution in [0.15, 0.2) is 24.3 Å². The van der Waals surface area contributed by atoms with Crippen LogP contribution in [0, 0.1) is 21.4 Å². The number of hydrogen-bond donors (Lipinski definition) is 0. The first kappa shape index (κ1) is 12.6. The zero-order chi connectivity index (χ0) is 12.8. The van der Waals surface area contributed by atoms with Gasteiger partial charge in [0.05, 0.1) is 23.2 Å². The molecule has 0 aromatic heterocycles. The Labute approximate surface area is 97.6 Å². The number of nitro benzene ring substituents is 1. The van der Waals surface area contributed by atoms with Crippen LogP contribution in [0.5, 0.6) is 0 Å². The van der Waals surface area contributed by atoms with E-state index in [4.69, 9.17) is 10.00 Å². The molecule has 0 saturated carbocycles. The smallest absolute Gasteiger partial charge is 0.328 e. The largest absolute Gasteiger partial charge is 0.465 e. The Morgan fingerprint density at radius 1 is 1.59 bits per heavy atom. The van der Waals surface area contributed by atoms with Crippen LogP contribution in [-0.4, -0.2) is 17.5 Å². The van der Waals surface area contributed by atoms with E-state index in [1.165, 1.54) is 24.3 Å². The van der Waals surface area contributed by atoms with Crippen LogP contribution >= 0.6 is 0 Å². The minimum absolute atomic E-state index is 0.0541. The van der Waals surface area contributed by atoms with Crippen LogP contribution < -0.4 is 0 Å². The van der Waals surface area contributed by atoms with Gasteiger partial charge in [-0.15, -0.1) is 0 Å². The summed E-state index contributed by atoms with van der Waals surface area (Å²) in [6.45, 7) is 1.73. The van der Waals surface area contributed by atoms with Crippen molar-refractivity contribution in [1.29, 1.82) is 5.26 Å². The normalized spacial score (nSPS) is 11.3. The predicted molar refractivity (Wildman–Crippen MR) is 58.1 cm³/mol. The molecule has 88 valence electrons. The lowest BCUT2D eigenvalue weighted by Gasteiger charge is -2.08. The Balaban J connectivity index is 3.17. The summed E-state index contributed by atoms with van der Waals surface area (Å²) >= 11 is 0. The molecule has 0 fully saturated rings. The molecule has 1 aromatic carbocycles. The topological polar surface area (TPSA) is 93.2 Å². The molecule has 0 heterocycles. The van der Waals surface area contributed by atoms with Crippen LogP contribution in [0.25, 0.3) is 0 Å². The SMILES string of the molecule is CCOC(=O)[C@@H](C#N)c1ccccc1[N+](=O)[O-].